The van der Waals surface area contributed by atoms with E-state index >= 15 is 0 Å². The van der Waals surface area contributed by atoms with E-state index in [9.17, 15) is 9.18 Å². The van der Waals surface area contributed by atoms with Crippen molar-refractivity contribution >= 4 is 11.7 Å². The first kappa shape index (κ1) is 23.1. The first-order valence-electron chi connectivity index (χ1n) is 11.1. The smallest absolute Gasteiger partial charge is 0.305 e. The lowest BCUT2D eigenvalue weighted by Gasteiger charge is -2.36. The van der Waals surface area contributed by atoms with Gasteiger partial charge in [-0.1, -0.05) is 32.9 Å². The van der Waals surface area contributed by atoms with Gasteiger partial charge in [-0.05, 0) is 66.8 Å². The lowest BCUT2D eigenvalue weighted by Crippen LogP contribution is -2.30. The zero-order valence-electron chi connectivity index (χ0n) is 19.0. The van der Waals surface area contributed by atoms with E-state index in [-0.39, 0.29) is 18.3 Å². The van der Waals surface area contributed by atoms with Crippen molar-refractivity contribution in [3.8, 4) is 16.9 Å². The lowest BCUT2D eigenvalue weighted by atomic mass is 9.72. The van der Waals surface area contributed by atoms with E-state index in [0.29, 0.717) is 29.2 Å². The zero-order valence-corrected chi connectivity index (χ0v) is 19.0. The van der Waals surface area contributed by atoms with Gasteiger partial charge in [0.1, 0.15) is 11.6 Å². The molecule has 4 nitrogen and oxygen atoms in total. The topological polar surface area (TPSA) is 49.8 Å². The molecule has 3 rings (SSSR count). The first-order valence-corrected chi connectivity index (χ1v) is 11.1. The van der Waals surface area contributed by atoms with Crippen LogP contribution in [-0.2, 0) is 4.79 Å². The van der Waals surface area contributed by atoms with Crippen molar-refractivity contribution in [3.05, 3.63) is 48.3 Å². The molecule has 31 heavy (non-hydrogen) atoms. The summed E-state index contributed by atoms with van der Waals surface area (Å²) in [6.45, 7) is 7.29. The van der Waals surface area contributed by atoms with Gasteiger partial charge in [-0.3, -0.25) is 4.79 Å². The molecule has 1 saturated carbocycles. The van der Waals surface area contributed by atoms with Crippen LogP contribution in [0.5, 0.6) is 5.75 Å². The van der Waals surface area contributed by atoms with Crippen molar-refractivity contribution < 1.29 is 19.0 Å². The maximum absolute atomic E-state index is 14.9. The molecule has 0 spiro atoms. The Hall–Kier alpha value is -2.56. The van der Waals surface area contributed by atoms with Crippen LogP contribution in [0.3, 0.4) is 0 Å². The molecule has 168 valence electrons. The van der Waals surface area contributed by atoms with E-state index in [4.69, 9.17) is 9.84 Å². The van der Waals surface area contributed by atoms with E-state index in [1.54, 1.807) is 6.07 Å². The highest BCUT2D eigenvalue weighted by Crippen LogP contribution is 2.39. The quantitative estimate of drug-likeness (QED) is 0.556. The number of aliphatic carboxylic acids is 1. The number of benzene rings is 2. The second-order valence-corrected chi connectivity index (χ2v) is 9.71. The number of anilines is 1. The van der Waals surface area contributed by atoms with Crippen LogP contribution in [0.15, 0.2) is 42.5 Å². The van der Waals surface area contributed by atoms with E-state index in [1.165, 1.54) is 6.07 Å². The molecule has 0 saturated heterocycles. The number of halogens is 1. The van der Waals surface area contributed by atoms with Crippen LogP contribution >= 0.6 is 0 Å². The molecule has 0 aromatic heterocycles. The van der Waals surface area contributed by atoms with Crippen LogP contribution < -0.4 is 9.64 Å². The molecule has 2 aromatic carbocycles. The van der Waals surface area contributed by atoms with Crippen molar-refractivity contribution in [2.24, 2.45) is 11.3 Å². The third-order valence-corrected chi connectivity index (χ3v) is 6.40. The highest BCUT2D eigenvalue weighted by atomic mass is 19.1. The molecule has 5 heteroatoms. The molecular formula is C26H34FNO3. The maximum Gasteiger partial charge on any atom is 0.305 e. The molecule has 0 bridgehead atoms. The number of rotatable bonds is 7. The normalized spacial score (nSPS) is 19.1. The van der Waals surface area contributed by atoms with Crippen molar-refractivity contribution in [3.63, 3.8) is 0 Å². The summed E-state index contributed by atoms with van der Waals surface area (Å²) in [5, 5.41) is 8.88. The van der Waals surface area contributed by atoms with Gasteiger partial charge in [0.05, 0.1) is 12.5 Å². The summed E-state index contributed by atoms with van der Waals surface area (Å²) in [5.41, 5.74) is 2.45. The zero-order chi connectivity index (χ0) is 22.6. The summed E-state index contributed by atoms with van der Waals surface area (Å²) in [4.78, 5) is 12.7. The van der Waals surface area contributed by atoms with E-state index in [2.05, 4.69) is 20.8 Å². The highest BCUT2D eigenvalue weighted by Gasteiger charge is 2.30. The molecule has 1 aliphatic carbocycles. The van der Waals surface area contributed by atoms with Crippen molar-refractivity contribution in [1.29, 1.82) is 0 Å². The molecule has 0 aliphatic heterocycles. The third kappa shape index (κ3) is 6.22. The van der Waals surface area contributed by atoms with Crippen LogP contribution in [0.2, 0.25) is 0 Å². The standard InChI is InChI=1S/C26H34FNO3/c1-26(2,3)19-8-10-21(11-9-19)31-22-12-13-23(24(27)17-22)18-6-5-7-20(16-18)28(4)15-14-25(29)30/h5-7,12-13,16-17,19,21H,8-11,14-15H2,1-4H3,(H,29,30)/t19-,21-. The average Bonchev–Trinajstić information content (AvgIpc) is 2.72. The van der Waals surface area contributed by atoms with Gasteiger partial charge in [-0.2, -0.15) is 0 Å². The molecule has 0 atom stereocenters. The molecule has 0 unspecified atom stereocenters. The molecule has 0 heterocycles. The number of carboxylic acid groups (broad SMARTS) is 1. The Morgan fingerprint density at radius 3 is 2.45 bits per heavy atom. The van der Waals surface area contributed by atoms with Gasteiger partial charge < -0.3 is 14.7 Å². The minimum atomic E-state index is -0.837. The number of hydrogen-bond acceptors (Lipinski definition) is 3. The third-order valence-electron chi connectivity index (χ3n) is 6.40. The van der Waals surface area contributed by atoms with Crippen LogP contribution in [0.25, 0.3) is 11.1 Å². The Bertz CT molecular complexity index is 898. The number of carboxylic acids is 1. The van der Waals surface area contributed by atoms with Crippen LogP contribution in [-0.4, -0.2) is 30.8 Å². The van der Waals surface area contributed by atoms with E-state index in [0.717, 1.165) is 36.9 Å². The predicted octanol–water partition coefficient (Wildman–Crippen LogP) is 6.39. The Morgan fingerprint density at radius 1 is 1.13 bits per heavy atom. The Labute approximate surface area is 185 Å². The van der Waals surface area contributed by atoms with Gasteiger partial charge in [-0.15, -0.1) is 0 Å². The summed E-state index contributed by atoms with van der Waals surface area (Å²) in [7, 11) is 1.84. The molecule has 0 radical (unpaired) electrons. The molecule has 0 amide bonds. The summed E-state index contributed by atoms with van der Waals surface area (Å²) < 4.78 is 21.0. The first-order chi connectivity index (χ1) is 14.6. The molecular weight excluding hydrogens is 393 g/mol. The number of carbonyl (C=O) groups is 1. The number of hydrogen-bond donors (Lipinski definition) is 1. The minimum Gasteiger partial charge on any atom is -0.490 e. The molecule has 1 fully saturated rings. The van der Waals surface area contributed by atoms with Gasteiger partial charge in [0.15, 0.2) is 0 Å². The van der Waals surface area contributed by atoms with Gasteiger partial charge in [-0.25, -0.2) is 4.39 Å². The second-order valence-electron chi connectivity index (χ2n) is 9.71. The summed E-state index contributed by atoms with van der Waals surface area (Å²) in [6.07, 6.45) is 4.52. The van der Waals surface area contributed by atoms with E-state index < -0.39 is 5.97 Å². The summed E-state index contributed by atoms with van der Waals surface area (Å²) >= 11 is 0. The lowest BCUT2D eigenvalue weighted by molar-refractivity contribution is -0.136. The van der Waals surface area contributed by atoms with Crippen molar-refractivity contribution in [2.75, 3.05) is 18.5 Å². The SMILES string of the molecule is CN(CCC(=O)O)c1cccc(-c2ccc(O[C@H]3CC[C@H](C(C)(C)C)CC3)cc2F)c1. The van der Waals surface area contributed by atoms with Gasteiger partial charge >= 0.3 is 5.97 Å². The fourth-order valence-corrected chi connectivity index (χ4v) is 4.35. The fraction of sp³-hybridized carbons (Fsp3) is 0.500. The van der Waals surface area contributed by atoms with Crippen LogP contribution in [0.1, 0.15) is 52.9 Å². The highest BCUT2D eigenvalue weighted by molar-refractivity contribution is 5.71. The second kappa shape index (κ2) is 9.71. The molecule has 2 aromatic rings. The fourth-order valence-electron chi connectivity index (χ4n) is 4.35. The van der Waals surface area contributed by atoms with Gasteiger partial charge in [0, 0.05) is 30.9 Å². The monoisotopic (exact) mass is 427 g/mol. The largest absolute Gasteiger partial charge is 0.490 e. The van der Waals surface area contributed by atoms with Crippen LogP contribution in [0, 0.1) is 17.2 Å². The summed E-state index contributed by atoms with van der Waals surface area (Å²) in [6, 6.07) is 12.6. The van der Waals surface area contributed by atoms with Gasteiger partial charge in [0.2, 0.25) is 0 Å². The molecule has 1 N–H and O–H groups in total. The van der Waals surface area contributed by atoms with Crippen LogP contribution in [0.4, 0.5) is 10.1 Å². The van der Waals surface area contributed by atoms with Crippen molar-refractivity contribution in [1.82, 2.24) is 0 Å². The Kier molecular flexibility index (Phi) is 7.24. The number of ether oxygens (including phenoxy) is 1. The summed E-state index contributed by atoms with van der Waals surface area (Å²) in [5.74, 6) is 0.144. The predicted molar refractivity (Wildman–Crippen MR) is 123 cm³/mol. The Morgan fingerprint density at radius 2 is 1.84 bits per heavy atom. The average molecular weight is 428 g/mol. The minimum absolute atomic E-state index is 0.0544. The number of nitrogens with zero attached hydrogens (tertiary/aromatic N) is 1. The Balaban J connectivity index is 1.66. The maximum atomic E-state index is 14.9. The molecule has 1 aliphatic rings. The van der Waals surface area contributed by atoms with Crippen molar-refractivity contribution in [2.45, 2.75) is 59.0 Å². The van der Waals surface area contributed by atoms with Gasteiger partial charge in [0.25, 0.3) is 0 Å². The van der Waals surface area contributed by atoms with E-state index in [1.807, 2.05) is 42.3 Å².